The fourth-order valence-corrected chi connectivity index (χ4v) is 5.45. The predicted molar refractivity (Wildman–Crippen MR) is 118 cm³/mol. The molecule has 2 aromatic carbocycles. The number of para-hydroxylation sites is 1. The highest BCUT2D eigenvalue weighted by molar-refractivity contribution is 7.89. The molecule has 7 heteroatoms. The van der Waals surface area contributed by atoms with Crippen LogP contribution in [0.15, 0.2) is 65.7 Å². The van der Waals surface area contributed by atoms with Gasteiger partial charge in [-0.3, -0.25) is 4.79 Å². The molecule has 1 aliphatic rings. The summed E-state index contributed by atoms with van der Waals surface area (Å²) >= 11 is 0. The molecule has 1 fully saturated rings. The summed E-state index contributed by atoms with van der Waals surface area (Å²) in [5, 5.41) is 0.947. The molecule has 30 heavy (non-hydrogen) atoms. The van der Waals surface area contributed by atoms with Crippen LogP contribution in [0.4, 0.5) is 0 Å². The van der Waals surface area contributed by atoms with Crippen molar-refractivity contribution in [2.45, 2.75) is 25.3 Å². The van der Waals surface area contributed by atoms with E-state index in [9.17, 15) is 13.2 Å². The summed E-state index contributed by atoms with van der Waals surface area (Å²) in [7, 11) is -3.53. The summed E-state index contributed by atoms with van der Waals surface area (Å²) in [5.74, 6) is 0.431. The summed E-state index contributed by atoms with van der Waals surface area (Å²) in [6.07, 6.45) is 1.94. The Balaban J connectivity index is 1.53. The van der Waals surface area contributed by atoms with Crippen molar-refractivity contribution in [2.75, 3.05) is 26.2 Å². The van der Waals surface area contributed by atoms with Crippen LogP contribution in [0.2, 0.25) is 0 Å². The molecule has 1 aromatic heterocycles. The van der Waals surface area contributed by atoms with E-state index in [1.54, 1.807) is 35.2 Å². The average Bonchev–Trinajstić information content (AvgIpc) is 3.12. The van der Waals surface area contributed by atoms with Crippen molar-refractivity contribution in [3.8, 4) is 0 Å². The Morgan fingerprint density at radius 1 is 0.933 bits per heavy atom. The van der Waals surface area contributed by atoms with Gasteiger partial charge in [-0.1, -0.05) is 50.2 Å². The van der Waals surface area contributed by atoms with Crippen molar-refractivity contribution in [1.29, 1.82) is 0 Å². The molecule has 0 aliphatic carbocycles. The molecule has 0 bridgehead atoms. The minimum absolute atomic E-state index is 0.0366. The number of rotatable bonds is 5. The Kier molecular flexibility index (Phi) is 5.66. The van der Waals surface area contributed by atoms with E-state index in [1.807, 2.05) is 30.5 Å². The summed E-state index contributed by atoms with van der Waals surface area (Å²) in [4.78, 5) is 15.3. The Morgan fingerprint density at radius 3 is 2.23 bits per heavy atom. The van der Waals surface area contributed by atoms with E-state index in [4.69, 9.17) is 0 Å². The molecular formula is C23H27N3O3S. The van der Waals surface area contributed by atoms with Crippen LogP contribution in [-0.2, 0) is 16.6 Å². The van der Waals surface area contributed by atoms with Crippen LogP contribution in [0, 0.1) is 5.92 Å². The molecular weight excluding hydrogens is 398 g/mol. The maximum absolute atomic E-state index is 13.3. The van der Waals surface area contributed by atoms with Gasteiger partial charge in [-0.25, -0.2) is 8.42 Å². The van der Waals surface area contributed by atoms with E-state index in [0.717, 1.165) is 17.4 Å². The van der Waals surface area contributed by atoms with E-state index in [1.165, 1.54) is 4.31 Å². The van der Waals surface area contributed by atoms with Gasteiger partial charge in [0.2, 0.25) is 10.0 Å². The van der Waals surface area contributed by atoms with E-state index >= 15 is 0 Å². The zero-order chi connectivity index (χ0) is 21.3. The van der Waals surface area contributed by atoms with Gasteiger partial charge in [0.05, 0.1) is 10.5 Å². The molecule has 0 N–H and O–H groups in total. The second-order valence-corrected chi connectivity index (χ2v) is 10.1. The molecule has 158 valence electrons. The smallest absolute Gasteiger partial charge is 0.256 e. The topological polar surface area (TPSA) is 62.6 Å². The molecule has 2 heterocycles. The lowest BCUT2D eigenvalue weighted by molar-refractivity contribution is 0.0699. The van der Waals surface area contributed by atoms with Gasteiger partial charge in [-0.15, -0.1) is 0 Å². The third-order valence-corrected chi connectivity index (χ3v) is 7.40. The van der Waals surface area contributed by atoms with Crippen molar-refractivity contribution < 1.29 is 13.2 Å². The van der Waals surface area contributed by atoms with Gasteiger partial charge in [0.15, 0.2) is 0 Å². The summed E-state index contributed by atoms with van der Waals surface area (Å²) in [6.45, 7) is 6.52. The Hall–Kier alpha value is -2.64. The normalized spacial score (nSPS) is 15.8. The number of piperazine rings is 1. The monoisotopic (exact) mass is 425 g/mol. The molecule has 0 unspecified atom stereocenters. The predicted octanol–water partition coefficient (Wildman–Crippen LogP) is 3.44. The average molecular weight is 426 g/mol. The van der Waals surface area contributed by atoms with Crippen molar-refractivity contribution in [1.82, 2.24) is 13.8 Å². The van der Waals surface area contributed by atoms with Crippen LogP contribution in [0.1, 0.15) is 24.2 Å². The number of benzene rings is 2. The Labute approximate surface area is 177 Å². The molecule has 0 atom stereocenters. The molecule has 4 rings (SSSR count). The van der Waals surface area contributed by atoms with Crippen molar-refractivity contribution in [2.24, 2.45) is 5.92 Å². The third kappa shape index (κ3) is 3.87. The van der Waals surface area contributed by atoms with Crippen LogP contribution in [0.5, 0.6) is 0 Å². The first-order chi connectivity index (χ1) is 14.4. The molecule has 1 aliphatic heterocycles. The van der Waals surface area contributed by atoms with Crippen LogP contribution >= 0.6 is 0 Å². The van der Waals surface area contributed by atoms with E-state index in [-0.39, 0.29) is 5.91 Å². The first kappa shape index (κ1) is 20.6. The standard InChI is InChI=1S/C23H27N3O3S/c1-18(2)16-25-17-21(20-10-6-7-11-22(20)25)23(27)24-12-14-26(15-13-24)30(28,29)19-8-4-3-5-9-19/h3-11,17-18H,12-16H2,1-2H3. The number of nitrogens with zero attached hydrogens (tertiary/aromatic N) is 3. The first-order valence-corrected chi connectivity index (χ1v) is 11.7. The third-order valence-electron chi connectivity index (χ3n) is 5.49. The van der Waals surface area contributed by atoms with Gasteiger partial charge >= 0.3 is 0 Å². The molecule has 1 saturated heterocycles. The number of hydrogen-bond acceptors (Lipinski definition) is 3. The minimum Gasteiger partial charge on any atom is -0.346 e. The van der Waals surface area contributed by atoms with E-state index in [2.05, 4.69) is 18.4 Å². The van der Waals surface area contributed by atoms with Gasteiger partial charge in [0, 0.05) is 49.8 Å². The molecule has 6 nitrogen and oxygen atoms in total. The maximum Gasteiger partial charge on any atom is 0.256 e. The molecule has 0 radical (unpaired) electrons. The van der Waals surface area contributed by atoms with Crippen LogP contribution < -0.4 is 0 Å². The van der Waals surface area contributed by atoms with Crippen LogP contribution in [-0.4, -0.2) is 54.3 Å². The number of carbonyl (C=O) groups excluding carboxylic acids is 1. The van der Waals surface area contributed by atoms with Crippen molar-refractivity contribution in [3.05, 3.63) is 66.4 Å². The number of sulfonamides is 1. The number of amides is 1. The van der Waals surface area contributed by atoms with Crippen LogP contribution in [0.3, 0.4) is 0 Å². The number of carbonyl (C=O) groups is 1. The number of aromatic nitrogens is 1. The summed E-state index contributed by atoms with van der Waals surface area (Å²) < 4.78 is 29.3. The number of hydrogen-bond donors (Lipinski definition) is 0. The fraction of sp³-hybridized carbons (Fsp3) is 0.348. The van der Waals surface area contributed by atoms with Crippen LogP contribution in [0.25, 0.3) is 10.9 Å². The highest BCUT2D eigenvalue weighted by Gasteiger charge is 2.31. The highest BCUT2D eigenvalue weighted by atomic mass is 32.2. The lowest BCUT2D eigenvalue weighted by atomic mass is 10.1. The van der Waals surface area contributed by atoms with Gasteiger partial charge < -0.3 is 9.47 Å². The molecule has 3 aromatic rings. The van der Waals surface area contributed by atoms with Crippen molar-refractivity contribution in [3.63, 3.8) is 0 Å². The zero-order valence-corrected chi connectivity index (χ0v) is 18.2. The summed E-state index contributed by atoms with van der Waals surface area (Å²) in [5.41, 5.74) is 1.74. The largest absolute Gasteiger partial charge is 0.346 e. The quantitative estimate of drug-likeness (QED) is 0.629. The van der Waals surface area contributed by atoms with Gasteiger partial charge in [-0.05, 0) is 24.1 Å². The van der Waals surface area contributed by atoms with E-state index in [0.29, 0.717) is 42.6 Å². The van der Waals surface area contributed by atoms with Gasteiger partial charge in [0.1, 0.15) is 0 Å². The zero-order valence-electron chi connectivity index (χ0n) is 17.4. The van der Waals surface area contributed by atoms with Gasteiger partial charge in [0.25, 0.3) is 5.91 Å². The second-order valence-electron chi connectivity index (χ2n) is 8.12. The highest BCUT2D eigenvalue weighted by Crippen LogP contribution is 2.25. The van der Waals surface area contributed by atoms with Crippen molar-refractivity contribution >= 4 is 26.8 Å². The Bertz CT molecular complexity index is 1140. The molecule has 1 amide bonds. The molecule has 0 saturated carbocycles. The lowest BCUT2D eigenvalue weighted by Crippen LogP contribution is -2.50. The second kappa shape index (κ2) is 8.24. The fourth-order valence-electron chi connectivity index (χ4n) is 4.01. The van der Waals surface area contributed by atoms with E-state index < -0.39 is 10.0 Å². The minimum atomic E-state index is -3.53. The Morgan fingerprint density at radius 2 is 1.57 bits per heavy atom. The first-order valence-electron chi connectivity index (χ1n) is 10.3. The van der Waals surface area contributed by atoms with Gasteiger partial charge in [-0.2, -0.15) is 4.31 Å². The maximum atomic E-state index is 13.3. The summed E-state index contributed by atoms with van der Waals surface area (Å²) in [6, 6.07) is 16.4. The lowest BCUT2D eigenvalue weighted by Gasteiger charge is -2.34. The molecule has 0 spiro atoms. The number of fused-ring (bicyclic) bond motifs is 1. The SMILES string of the molecule is CC(C)Cn1cc(C(=O)N2CCN(S(=O)(=O)c3ccccc3)CC2)c2ccccc21.